The van der Waals surface area contributed by atoms with Gasteiger partial charge in [-0.25, -0.2) is 9.59 Å². The molecule has 2 aromatic rings. The number of ether oxygens (including phenoxy) is 1. The number of rotatable bonds is 5. The van der Waals surface area contributed by atoms with Crippen LogP contribution < -0.4 is 5.32 Å². The quantitative estimate of drug-likeness (QED) is 0.705. The molecule has 1 amide bonds. The molecule has 5 heteroatoms. The zero-order chi connectivity index (χ0) is 20.2. The van der Waals surface area contributed by atoms with Gasteiger partial charge in [0.25, 0.3) is 0 Å². The van der Waals surface area contributed by atoms with Gasteiger partial charge < -0.3 is 15.2 Å². The molecule has 5 nitrogen and oxygen atoms in total. The predicted molar refractivity (Wildman–Crippen MR) is 111 cm³/mol. The van der Waals surface area contributed by atoms with Gasteiger partial charge in [-0.2, -0.15) is 0 Å². The highest BCUT2D eigenvalue weighted by molar-refractivity contribution is 5.81. The molecule has 2 aromatic carbocycles. The van der Waals surface area contributed by atoms with Crippen molar-refractivity contribution >= 4 is 12.1 Å². The first-order chi connectivity index (χ1) is 14.1. The normalized spacial score (nSPS) is 17.7. The van der Waals surface area contributed by atoms with Crippen LogP contribution >= 0.6 is 0 Å². The zero-order valence-electron chi connectivity index (χ0n) is 16.5. The summed E-state index contributed by atoms with van der Waals surface area (Å²) >= 11 is 0. The summed E-state index contributed by atoms with van der Waals surface area (Å²) in [6.07, 6.45) is 5.31. The van der Waals surface area contributed by atoms with E-state index in [1.54, 1.807) is 0 Å². The van der Waals surface area contributed by atoms with E-state index in [0.29, 0.717) is 0 Å². The van der Waals surface area contributed by atoms with Gasteiger partial charge in [0.2, 0.25) is 0 Å². The van der Waals surface area contributed by atoms with Crippen LogP contribution in [0.25, 0.3) is 11.1 Å². The molecule has 0 saturated heterocycles. The Bertz CT molecular complexity index is 840. The Balaban J connectivity index is 1.43. The van der Waals surface area contributed by atoms with Gasteiger partial charge in [0.15, 0.2) is 0 Å². The first-order valence-corrected chi connectivity index (χ1v) is 10.5. The van der Waals surface area contributed by atoms with Gasteiger partial charge >= 0.3 is 12.1 Å². The number of hydrogen-bond acceptors (Lipinski definition) is 3. The van der Waals surface area contributed by atoms with Gasteiger partial charge in [0, 0.05) is 5.92 Å². The molecule has 0 bridgehead atoms. The van der Waals surface area contributed by atoms with Gasteiger partial charge in [0.1, 0.15) is 12.6 Å². The summed E-state index contributed by atoms with van der Waals surface area (Å²) in [6, 6.07) is 15.4. The molecule has 152 valence electrons. The molecule has 0 aromatic heterocycles. The van der Waals surface area contributed by atoms with Crippen LogP contribution in [0.2, 0.25) is 0 Å². The Morgan fingerprint density at radius 3 is 2.03 bits per heavy atom. The van der Waals surface area contributed by atoms with Gasteiger partial charge in [-0.05, 0) is 41.0 Å². The monoisotopic (exact) mass is 393 g/mol. The fourth-order valence-corrected chi connectivity index (χ4v) is 4.79. The van der Waals surface area contributed by atoms with Gasteiger partial charge in [0.05, 0.1) is 0 Å². The molecule has 0 spiro atoms. The lowest BCUT2D eigenvalue weighted by Gasteiger charge is -2.23. The second-order valence-corrected chi connectivity index (χ2v) is 8.04. The van der Waals surface area contributed by atoms with E-state index in [9.17, 15) is 14.7 Å². The number of fused-ring (bicyclic) bond motifs is 3. The molecule has 2 aliphatic rings. The lowest BCUT2D eigenvalue weighted by Crippen LogP contribution is -2.46. The third-order valence-electron chi connectivity index (χ3n) is 6.25. The maximum absolute atomic E-state index is 12.5. The number of amides is 1. The molecule has 0 radical (unpaired) electrons. The van der Waals surface area contributed by atoms with Crippen LogP contribution in [0.4, 0.5) is 4.79 Å². The number of benzene rings is 2. The third kappa shape index (κ3) is 4.14. The van der Waals surface area contributed by atoms with Crippen LogP contribution in [0, 0.1) is 5.92 Å². The highest BCUT2D eigenvalue weighted by Gasteiger charge is 2.32. The van der Waals surface area contributed by atoms with Crippen LogP contribution in [-0.2, 0) is 9.53 Å². The number of alkyl carbamates (subject to hydrolysis) is 1. The lowest BCUT2D eigenvalue weighted by atomic mass is 9.92. The van der Waals surface area contributed by atoms with Crippen molar-refractivity contribution in [2.24, 2.45) is 5.92 Å². The van der Waals surface area contributed by atoms with Crippen LogP contribution in [0.5, 0.6) is 0 Å². The average Bonchev–Trinajstić information content (AvgIpc) is 2.86. The molecule has 0 heterocycles. The molecular weight excluding hydrogens is 366 g/mol. The summed E-state index contributed by atoms with van der Waals surface area (Å²) in [7, 11) is 0. The molecule has 2 aliphatic carbocycles. The number of nitrogens with one attached hydrogen (secondary N) is 1. The number of hydrogen-bond donors (Lipinski definition) is 2. The van der Waals surface area contributed by atoms with Crippen LogP contribution in [0.1, 0.15) is 55.6 Å². The maximum atomic E-state index is 12.5. The van der Waals surface area contributed by atoms with Gasteiger partial charge in [-0.3, -0.25) is 0 Å². The summed E-state index contributed by atoms with van der Waals surface area (Å²) in [5.74, 6) is -1.05. The van der Waals surface area contributed by atoms with Crippen molar-refractivity contribution in [3.63, 3.8) is 0 Å². The summed E-state index contributed by atoms with van der Waals surface area (Å²) in [5, 5.41) is 12.3. The average molecular weight is 393 g/mol. The van der Waals surface area contributed by atoms with Crippen molar-refractivity contribution in [3.8, 4) is 11.1 Å². The van der Waals surface area contributed by atoms with Crippen LogP contribution in [0.3, 0.4) is 0 Å². The van der Waals surface area contributed by atoms with Crippen molar-refractivity contribution in [2.75, 3.05) is 6.61 Å². The standard InChI is InChI=1S/C24H27NO4/c26-23(27)22(16-9-3-1-2-4-10-16)25-24(28)29-15-21-19-13-7-5-11-17(19)18-12-6-8-14-20(18)21/h5-8,11-14,16,21-22H,1-4,9-10,15H2,(H,25,28)(H,26,27)/t22-/m1/s1. The molecule has 29 heavy (non-hydrogen) atoms. The largest absolute Gasteiger partial charge is 0.480 e. The molecule has 2 N–H and O–H groups in total. The third-order valence-corrected chi connectivity index (χ3v) is 6.25. The number of carboxylic acids is 1. The topological polar surface area (TPSA) is 75.6 Å². The van der Waals surface area contributed by atoms with Crippen molar-refractivity contribution < 1.29 is 19.4 Å². The first-order valence-electron chi connectivity index (χ1n) is 10.5. The van der Waals surface area contributed by atoms with E-state index < -0.39 is 18.1 Å². The Labute approximate surface area is 171 Å². The van der Waals surface area contributed by atoms with Crippen molar-refractivity contribution in [2.45, 2.75) is 50.5 Å². The Morgan fingerprint density at radius 1 is 0.931 bits per heavy atom. The summed E-state index contributed by atoms with van der Waals surface area (Å²) in [6.45, 7) is 0.191. The minimum atomic E-state index is -0.981. The van der Waals surface area contributed by atoms with Gasteiger partial charge in [-0.15, -0.1) is 0 Å². The maximum Gasteiger partial charge on any atom is 0.407 e. The molecule has 0 unspecified atom stereocenters. The van der Waals surface area contributed by atoms with E-state index in [1.807, 2.05) is 24.3 Å². The number of carboxylic acid groups (broad SMARTS) is 1. The zero-order valence-corrected chi connectivity index (χ0v) is 16.5. The fourth-order valence-electron chi connectivity index (χ4n) is 4.79. The number of carbonyl (C=O) groups is 2. The van der Waals surface area contributed by atoms with Gasteiger partial charge in [-0.1, -0.05) is 74.2 Å². The number of aliphatic carboxylic acids is 1. The second-order valence-electron chi connectivity index (χ2n) is 8.04. The SMILES string of the molecule is O=C(N[C@@H](C(=O)O)C1CCCCCC1)OCC1c2ccccc2-c2ccccc21. The van der Waals surface area contributed by atoms with Crippen molar-refractivity contribution in [1.82, 2.24) is 5.32 Å². The predicted octanol–water partition coefficient (Wildman–Crippen LogP) is 4.95. The molecule has 1 saturated carbocycles. The lowest BCUT2D eigenvalue weighted by molar-refractivity contribution is -0.141. The van der Waals surface area contributed by atoms with E-state index >= 15 is 0 Å². The van der Waals surface area contributed by atoms with Crippen molar-refractivity contribution in [3.05, 3.63) is 59.7 Å². The smallest absolute Gasteiger partial charge is 0.407 e. The van der Waals surface area contributed by atoms with E-state index in [0.717, 1.165) is 49.7 Å². The highest BCUT2D eigenvalue weighted by Crippen LogP contribution is 2.44. The Kier molecular flexibility index (Phi) is 5.84. The van der Waals surface area contributed by atoms with E-state index in [2.05, 4.69) is 29.6 Å². The van der Waals surface area contributed by atoms with Crippen LogP contribution in [0.15, 0.2) is 48.5 Å². The molecular formula is C24H27NO4. The summed E-state index contributed by atoms with van der Waals surface area (Å²) in [5.41, 5.74) is 4.61. The van der Waals surface area contributed by atoms with Crippen LogP contribution in [-0.4, -0.2) is 29.8 Å². The fraction of sp³-hybridized carbons (Fsp3) is 0.417. The van der Waals surface area contributed by atoms with E-state index in [4.69, 9.17) is 4.74 Å². The second kappa shape index (κ2) is 8.68. The van der Waals surface area contributed by atoms with Crippen molar-refractivity contribution in [1.29, 1.82) is 0 Å². The minimum absolute atomic E-state index is 0.0320. The first kappa shape index (κ1) is 19.5. The number of carbonyl (C=O) groups excluding carboxylic acids is 1. The highest BCUT2D eigenvalue weighted by atomic mass is 16.5. The Morgan fingerprint density at radius 2 is 1.48 bits per heavy atom. The molecule has 1 fully saturated rings. The minimum Gasteiger partial charge on any atom is -0.480 e. The summed E-state index contributed by atoms with van der Waals surface area (Å²) in [4.78, 5) is 24.2. The molecule has 1 atom stereocenters. The molecule has 0 aliphatic heterocycles. The van der Waals surface area contributed by atoms with E-state index in [-0.39, 0.29) is 18.4 Å². The Hall–Kier alpha value is -2.82. The summed E-state index contributed by atoms with van der Waals surface area (Å²) < 4.78 is 5.53. The molecule has 4 rings (SSSR count). The van der Waals surface area contributed by atoms with E-state index in [1.165, 1.54) is 11.1 Å².